The Morgan fingerprint density at radius 3 is 1.94 bits per heavy atom. The molecule has 0 aliphatic carbocycles. The predicted molar refractivity (Wildman–Crippen MR) is 129 cm³/mol. The summed E-state index contributed by atoms with van der Waals surface area (Å²) in [6, 6.07) is 19.6. The smallest absolute Gasteiger partial charge is 0.272 e. The topological polar surface area (TPSA) is 69.3 Å². The van der Waals surface area contributed by atoms with Gasteiger partial charge < -0.3 is 4.90 Å². The number of halogens is 2. The third-order valence-corrected chi connectivity index (χ3v) is 6.50. The van der Waals surface area contributed by atoms with Gasteiger partial charge in [0.05, 0.1) is 23.5 Å². The Balaban J connectivity index is 1.32. The summed E-state index contributed by atoms with van der Waals surface area (Å²) in [7, 11) is 0. The molecule has 0 saturated carbocycles. The summed E-state index contributed by atoms with van der Waals surface area (Å²) < 4.78 is 27.1. The van der Waals surface area contributed by atoms with Crippen molar-refractivity contribution in [2.45, 2.75) is 12.5 Å². The van der Waals surface area contributed by atoms with Gasteiger partial charge in [-0.1, -0.05) is 42.5 Å². The van der Waals surface area contributed by atoms with E-state index in [1.807, 2.05) is 6.07 Å². The fraction of sp³-hybridized carbons (Fsp3) is 0.222. The van der Waals surface area contributed by atoms with E-state index < -0.39 is 0 Å². The standard InChI is InChI=1S/C27H24F2N4O2/c28-20-9-5-18(6-10-20)26(19-7-11-21(29)12-8-19)33-15-13-32(14-16-33)25(34)17-24-22-3-1-2-4-23(22)27(35)31-30-24/h1-12,26H,13-17H2,(H,31,35). The summed E-state index contributed by atoms with van der Waals surface area (Å²) in [5, 5.41) is 7.79. The molecular formula is C27H24F2N4O2. The van der Waals surface area contributed by atoms with Gasteiger partial charge in [-0.05, 0) is 41.5 Å². The van der Waals surface area contributed by atoms with Crippen LogP contribution in [0.4, 0.5) is 8.78 Å². The molecular weight excluding hydrogens is 450 g/mol. The zero-order chi connectivity index (χ0) is 24.4. The molecule has 5 rings (SSSR count). The summed E-state index contributed by atoms with van der Waals surface area (Å²) in [6.45, 7) is 2.23. The molecule has 3 aromatic carbocycles. The Morgan fingerprint density at radius 2 is 1.37 bits per heavy atom. The summed E-state index contributed by atoms with van der Waals surface area (Å²) in [5.74, 6) is -0.690. The number of carbonyl (C=O) groups excluding carboxylic acids is 1. The van der Waals surface area contributed by atoms with Gasteiger partial charge in [0.25, 0.3) is 5.56 Å². The van der Waals surface area contributed by atoms with Crippen LogP contribution >= 0.6 is 0 Å². The zero-order valence-electron chi connectivity index (χ0n) is 19.0. The molecule has 1 fully saturated rings. The molecule has 1 aliphatic rings. The second kappa shape index (κ2) is 9.76. The van der Waals surface area contributed by atoms with Gasteiger partial charge in [0.1, 0.15) is 11.6 Å². The molecule has 1 saturated heterocycles. The second-order valence-electron chi connectivity index (χ2n) is 8.64. The first-order valence-corrected chi connectivity index (χ1v) is 11.5. The lowest BCUT2D eigenvalue weighted by atomic mass is 9.96. The average Bonchev–Trinajstić information content (AvgIpc) is 2.89. The molecule has 178 valence electrons. The highest BCUT2D eigenvalue weighted by atomic mass is 19.1. The van der Waals surface area contributed by atoms with Crippen LogP contribution in [-0.4, -0.2) is 52.1 Å². The maximum atomic E-state index is 13.6. The van der Waals surface area contributed by atoms with Crippen molar-refractivity contribution in [1.82, 2.24) is 20.0 Å². The lowest BCUT2D eigenvalue weighted by molar-refractivity contribution is -0.132. The Kier molecular flexibility index (Phi) is 6.37. The molecule has 0 bridgehead atoms. The molecule has 0 spiro atoms. The fourth-order valence-corrected chi connectivity index (χ4v) is 4.70. The van der Waals surface area contributed by atoms with Gasteiger partial charge in [-0.15, -0.1) is 0 Å². The Morgan fingerprint density at radius 1 is 0.829 bits per heavy atom. The number of aromatic nitrogens is 2. The van der Waals surface area contributed by atoms with Crippen molar-refractivity contribution in [3.8, 4) is 0 Å². The van der Waals surface area contributed by atoms with Crippen molar-refractivity contribution < 1.29 is 13.6 Å². The minimum Gasteiger partial charge on any atom is -0.340 e. The summed E-state index contributed by atoms with van der Waals surface area (Å²) in [5.41, 5.74) is 2.07. The molecule has 8 heteroatoms. The van der Waals surface area contributed by atoms with Gasteiger partial charge in [0, 0.05) is 31.6 Å². The highest BCUT2D eigenvalue weighted by Gasteiger charge is 2.28. The van der Waals surface area contributed by atoms with Crippen molar-refractivity contribution in [2.75, 3.05) is 26.2 Å². The van der Waals surface area contributed by atoms with Gasteiger partial charge >= 0.3 is 0 Å². The molecule has 6 nitrogen and oxygen atoms in total. The molecule has 4 aromatic rings. The zero-order valence-corrected chi connectivity index (χ0v) is 19.0. The van der Waals surface area contributed by atoms with Crippen LogP contribution in [0.2, 0.25) is 0 Å². The van der Waals surface area contributed by atoms with E-state index in [0.717, 1.165) is 11.1 Å². The molecule has 35 heavy (non-hydrogen) atoms. The van der Waals surface area contributed by atoms with Crippen LogP contribution < -0.4 is 5.56 Å². The Hall–Kier alpha value is -3.91. The van der Waals surface area contributed by atoms with Crippen LogP contribution in [0.1, 0.15) is 22.9 Å². The quantitative estimate of drug-likeness (QED) is 0.479. The molecule has 2 heterocycles. The predicted octanol–water partition coefficient (Wildman–Crippen LogP) is 3.68. The molecule has 1 aliphatic heterocycles. The minimum absolute atomic E-state index is 0.0607. The molecule has 0 radical (unpaired) electrons. The van der Waals surface area contributed by atoms with Crippen LogP contribution in [0.3, 0.4) is 0 Å². The van der Waals surface area contributed by atoms with Crippen LogP contribution in [0.5, 0.6) is 0 Å². The third-order valence-electron chi connectivity index (χ3n) is 6.50. The Bertz CT molecular complexity index is 1350. The SMILES string of the molecule is O=C(Cc1n[nH]c(=O)c2ccccc12)N1CCN(C(c2ccc(F)cc2)c2ccc(F)cc2)CC1. The first-order valence-electron chi connectivity index (χ1n) is 11.5. The summed E-state index contributed by atoms with van der Waals surface area (Å²) in [6.07, 6.45) is 0.0939. The summed E-state index contributed by atoms with van der Waals surface area (Å²) >= 11 is 0. The molecule has 1 aromatic heterocycles. The second-order valence-corrected chi connectivity index (χ2v) is 8.64. The normalized spacial score (nSPS) is 14.5. The largest absolute Gasteiger partial charge is 0.340 e. The fourth-order valence-electron chi connectivity index (χ4n) is 4.70. The third kappa shape index (κ3) is 4.83. The van der Waals surface area contributed by atoms with E-state index in [4.69, 9.17) is 0 Å². The maximum absolute atomic E-state index is 13.6. The summed E-state index contributed by atoms with van der Waals surface area (Å²) in [4.78, 5) is 29.1. The van der Waals surface area contributed by atoms with E-state index in [9.17, 15) is 18.4 Å². The van der Waals surface area contributed by atoms with Gasteiger partial charge in [-0.25, -0.2) is 13.9 Å². The average molecular weight is 475 g/mol. The van der Waals surface area contributed by atoms with E-state index in [1.165, 1.54) is 24.3 Å². The van der Waals surface area contributed by atoms with Gasteiger partial charge in [-0.2, -0.15) is 5.10 Å². The van der Waals surface area contributed by atoms with Crippen molar-refractivity contribution in [1.29, 1.82) is 0 Å². The van der Waals surface area contributed by atoms with E-state index in [-0.39, 0.29) is 35.6 Å². The van der Waals surface area contributed by atoms with Crippen LogP contribution in [-0.2, 0) is 11.2 Å². The minimum atomic E-state index is -0.314. The monoisotopic (exact) mass is 474 g/mol. The number of carbonyl (C=O) groups is 1. The van der Waals surface area contributed by atoms with Crippen LogP contribution in [0, 0.1) is 11.6 Å². The van der Waals surface area contributed by atoms with Gasteiger partial charge in [0.15, 0.2) is 0 Å². The van der Waals surface area contributed by atoms with Crippen molar-refractivity contribution in [3.05, 3.63) is 112 Å². The molecule has 0 atom stereocenters. The highest BCUT2D eigenvalue weighted by Crippen LogP contribution is 2.30. The highest BCUT2D eigenvalue weighted by molar-refractivity contribution is 5.88. The number of hydrogen-bond donors (Lipinski definition) is 1. The molecule has 1 N–H and O–H groups in total. The van der Waals surface area contributed by atoms with Crippen LogP contribution in [0.15, 0.2) is 77.6 Å². The van der Waals surface area contributed by atoms with Gasteiger partial charge in [-0.3, -0.25) is 14.5 Å². The lowest BCUT2D eigenvalue weighted by Crippen LogP contribution is -2.50. The first kappa shape index (κ1) is 22.9. The van der Waals surface area contributed by atoms with E-state index in [2.05, 4.69) is 15.1 Å². The van der Waals surface area contributed by atoms with E-state index >= 15 is 0 Å². The number of nitrogens with one attached hydrogen (secondary N) is 1. The molecule has 1 amide bonds. The van der Waals surface area contributed by atoms with E-state index in [0.29, 0.717) is 42.6 Å². The van der Waals surface area contributed by atoms with E-state index in [1.54, 1.807) is 47.4 Å². The van der Waals surface area contributed by atoms with Crippen molar-refractivity contribution >= 4 is 16.7 Å². The number of amides is 1. The van der Waals surface area contributed by atoms with Crippen molar-refractivity contribution in [2.24, 2.45) is 0 Å². The number of hydrogen-bond acceptors (Lipinski definition) is 4. The maximum Gasteiger partial charge on any atom is 0.272 e. The molecule has 0 unspecified atom stereocenters. The first-order chi connectivity index (χ1) is 17.0. The van der Waals surface area contributed by atoms with Crippen molar-refractivity contribution in [3.63, 3.8) is 0 Å². The van der Waals surface area contributed by atoms with Crippen LogP contribution in [0.25, 0.3) is 10.8 Å². The number of aromatic amines is 1. The lowest BCUT2D eigenvalue weighted by Gasteiger charge is -2.39. The Labute approximate surface area is 200 Å². The number of rotatable bonds is 5. The number of H-pyrrole nitrogens is 1. The van der Waals surface area contributed by atoms with Gasteiger partial charge in [0.2, 0.25) is 5.91 Å². The number of fused-ring (bicyclic) bond motifs is 1. The number of piperazine rings is 1. The number of nitrogens with zero attached hydrogens (tertiary/aromatic N) is 3. The number of benzene rings is 3.